The van der Waals surface area contributed by atoms with E-state index in [1.165, 1.54) is 12.8 Å². The molecule has 1 saturated heterocycles. The summed E-state index contributed by atoms with van der Waals surface area (Å²) in [7, 11) is 0. The van der Waals surface area contributed by atoms with Crippen LogP contribution in [0.4, 0.5) is 0 Å². The van der Waals surface area contributed by atoms with Crippen LogP contribution in [0.25, 0.3) is 0 Å². The minimum Gasteiger partial charge on any atom is -0.378 e. The fraction of sp³-hybridized carbons (Fsp3) is 0.900. The number of nitrogens with zero attached hydrogens (tertiary/aromatic N) is 1. The molecule has 0 bridgehead atoms. The Kier molecular flexibility index (Phi) is 3.03. The van der Waals surface area contributed by atoms with Crippen LogP contribution in [0.5, 0.6) is 0 Å². The zero-order chi connectivity index (χ0) is 9.97. The molecule has 80 valence electrons. The predicted octanol–water partition coefficient (Wildman–Crippen LogP) is -0.0143. The van der Waals surface area contributed by atoms with Crippen LogP contribution in [-0.2, 0) is 9.53 Å². The second kappa shape index (κ2) is 4.28. The molecule has 2 fully saturated rings. The van der Waals surface area contributed by atoms with Crippen molar-refractivity contribution in [2.24, 2.45) is 0 Å². The fourth-order valence-electron chi connectivity index (χ4n) is 1.73. The number of morpholine rings is 1. The van der Waals surface area contributed by atoms with Crippen molar-refractivity contribution in [1.29, 1.82) is 0 Å². The molecule has 14 heavy (non-hydrogen) atoms. The van der Waals surface area contributed by atoms with Gasteiger partial charge >= 0.3 is 0 Å². The molecule has 1 saturated carbocycles. The maximum atomic E-state index is 11.9. The third-order valence-corrected chi connectivity index (χ3v) is 2.76. The molecule has 1 N–H and O–H groups in total. The van der Waals surface area contributed by atoms with Crippen LogP contribution in [0, 0.1) is 0 Å². The summed E-state index contributed by atoms with van der Waals surface area (Å²) in [6.07, 6.45) is 2.45. The Morgan fingerprint density at radius 2 is 2.07 bits per heavy atom. The van der Waals surface area contributed by atoms with Gasteiger partial charge in [-0.25, -0.2) is 0 Å². The number of hydrogen-bond donors (Lipinski definition) is 1. The predicted molar refractivity (Wildman–Crippen MR) is 53.0 cm³/mol. The Bertz CT molecular complexity index is 210. The summed E-state index contributed by atoms with van der Waals surface area (Å²) in [6.45, 7) is 4.81. The van der Waals surface area contributed by atoms with Gasteiger partial charge in [-0.2, -0.15) is 0 Å². The lowest BCUT2D eigenvalue weighted by molar-refractivity contribution is -0.137. The number of rotatable bonds is 3. The minimum atomic E-state index is -0.0272. The normalized spacial score (nSPS) is 24.8. The minimum absolute atomic E-state index is 0.0272. The van der Waals surface area contributed by atoms with Gasteiger partial charge in [0.2, 0.25) is 5.91 Å². The van der Waals surface area contributed by atoms with Crippen molar-refractivity contribution < 1.29 is 9.53 Å². The van der Waals surface area contributed by atoms with E-state index in [9.17, 15) is 4.79 Å². The largest absolute Gasteiger partial charge is 0.378 e. The van der Waals surface area contributed by atoms with Gasteiger partial charge in [-0.05, 0) is 19.8 Å². The lowest BCUT2D eigenvalue weighted by Gasteiger charge is -2.29. The highest BCUT2D eigenvalue weighted by Gasteiger charge is 2.28. The van der Waals surface area contributed by atoms with Crippen molar-refractivity contribution in [3.8, 4) is 0 Å². The molecule has 1 aliphatic heterocycles. The standard InChI is InChI=1S/C10H18N2O2/c1-8(11-9-2-3-9)10(13)12-4-6-14-7-5-12/h8-9,11H,2-7H2,1H3/t8-/m0/s1. The molecule has 1 amide bonds. The van der Waals surface area contributed by atoms with Crippen molar-refractivity contribution in [1.82, 2.24) is 10.2 Å². The van der Waals surface area contributed by atoms with Gasteiger partial charge in [0.1, 0.15) is 0 Å². The Labute approximate surface area is 84.6 Å². The fourth-order valence-corrected chi connectivity index (χ4v) is 1.73. The summed E-state index contributed by atoms with van der Waals surface area (Å²) in [5, 5.41) is 3.32. The van der Waals surface area contributed by atoms with Crippen LogP contribution in [-0.4, -0.2) is 49.2 Å². The lowest BCUT2D eigenvalue weighted by atomic mass is 10.2. The van der Waals surface area contributed by atoms with Crippen molar-refractivity contribution in [2.75, 3.05) is 26.3 Å². The summed E-state index contributed by atoms with van der Waals surface area (Å²) in [6, 6.07) is 0.565. The number of carbonyl (C=O) groups is 1. The van der Waals surface area contributed by atoms with Gasteiger partial charge < -0.3 is 15.0 Å². The highest BCUT2D eigenvalue weighted by atomic mass is 16.5. The van der Waals surface area contributed by atoms with Crippen molar-refractivity contribution in [3.05, 3.63) is 0 Å². The molecule has 1 aliphatic carbocycles. The zero-order valence-corrected chi connectivity index (χ0v) is 8.66. The topological polar surface area (TPSA) is 41.6 Å². The van der Waals surface area contributed by atoms with E-state index in [1.807, 2.05) is 11.8 Å². The third-order valence-electron chi connectivity index (χ3n) is 2.76. The Morgan fingerprint density at radius 1 is 1.43 bits per heavy atom. The maximum absolute atomic E-state index is 11.9. The van der Waals surface area contributed by atoms with E-state index in [0.29, 0.717) is 19.3 Å². The first-order valence-electron chi connectivity index (χ1n) is 5.40. The molecule has 0 aromatic carbocycles. The van der Waals surface area contributed by atoms with Crippen LogP contribution in [0.3, 0.4) is 0 Å². The number of hydrogen-bond acceptors (Lipinski definition) is 3. The molecule has 2 rings (SSSR count). The number of carbonyl (C=O) groups excluding carboxylic acids is 1. The second-order valence-corrected chi connectivity index (χ2v) is 4.10. The molecule has 4 nitrogen and oxygen atoms in total. The molecule has 1 heterocycles. The van der Waals surface area contributed by atoms with E-state index in [4.69, 9.17) is 4.74 Å². The number of ether oxygens (including phenoxy) is 1. The van der Waals surface area contributed by atoms with Gasteiger partial charge in [-0.3, -0.25) is 4.79 Å². The molecule has 0 spiro atoms. The van der Waals surface area contributed by atoms with Gasteiger partial charge in [-0.15, -0.1) is 0 Å². The van der Waals surface area contributed by atoms with Crippen LogP contribution in [0.1, 0.15) is 19.8 Å². The van der Waals surface area contributed by atoms with Crippen LogP contribution in [0.15, 0.2) is 0 Å². The van der Waals surface area contributed by atoms with E-state index in [1.54, 1.807) is 0 Å². The molecule has 4 heteroatoms. The van der Waals surface area contributed by atoms with E-state index in [-0.39, 0.29) is 11.9 Å². The van der Waals surface area contributed by atoms with Crippen LogP contribution >= 0.6 is 0 Å². The van der Waals surface area contributed by atoms with E-state index in [0.717, 1.165) is 13.1 Å². The lowest BCUT2D eigenvalue weighted by Crippen LogP contribution is -2.49. The summed E-state index contributed by atoms with van der Waals surface area (Å²) in [4.78, 5) is 13.8. The first-order valence-corrected chi connectivity index (χ1v) is 5.40. The molecule has 2 aliphatic rings. The Balaban J connectivity index is 1.79. The Hall–Kier alpha value is -0.610. The van der Waals surface area contributed by atoms with Crippen molar-refractivity contribution in [2.45, 2.75) is 31.8 Å². The van der Waals surface area contributed by atoms with Gasteiger partial charge in [0.05, 0.1) is 19.3 Å². The number of amides is 1. The number of nitrogens with one attached hydrogen (secondary N) is 1. The summed E-state index contributed by atoms with van der Waals surface area (Å²) in [5.74, 6) is 0.222. The SMILES string of the molecule is C[C@H](NC1CC1)C(=O)N1CCOCC1. The van der Waals surface area contributed by atoms with Gasteiger partial charge in [0, 0.05) is 19.1 Å². The summed E-state index contributed by atoms with van der Waals surface area (Å²) in [5.41, 5.74) is 0. The van der Waals surface area contributed by atoms with E-state index >= 15 is 0 Å². The van der Waals surface area contributed by atoms with E-state index in [2.05, 4.69) is 5.32 Å². The monoisotopic (exact) mass is 198 g/mol. The molecular weight excluding hydrogens is 180 g/mol. The quantitative estimate of drug-likeness (QED) is 0.693. The van der Waals surface area contributed by atoms with Crippen LogP contribution in [0.2, 0.25) is 0 Å². The van der Waals surface area contributed by atoms with Gasteiger partial charge in [0.15, 0.2) is 0 Å². The highest BCUT2D eigenvalue weighted by Crippen LogP contribution is 2.19. The highest BCUT2D eigenvalue weighted by molar-refractivity contribution is 5.81. The molecule has 0 aromatic heterocycles. The molecule has 0 radical (unpaired) electrons. The van der Waals surface area contributed by atoms with Crippen molar-refractivity contribution in [3.63, 3.8) is 0 Å². The third kappa shape index (κ3) is 2.45. The Morgan fingerprint density at radius 3 is 2.64 bits per heavy atom. The molecule has 0 unspecified atom stereocenters. The zero-order valence-electron chi connectivity index (χ0n) is 8.66. The average Bonchev–Trinajstić information content (AvgIpc) is 3.02. The van der Waals surface area contributed by atoms with Crippen LogP contribution < -0.4 is 5.32 Å². The second-order valence-electron chi connectivity index (χ2n) is 4.10. The molecule has 1 atom stereocenters. The first-order chi connectivity index (χ1) is 6.77. The summed E-state index contributed by atoms with van der Waals surface area (Å²) < 4.78 is 5.21. The van der Waals surface area contributed by atoms with Crippen molar-refractivity contribution >= 4 is 5.91 Å². The molecule has 0 aromatic rings. The maximum Gasteiger partial charge on any atom is 0.239 e. The molecular formula is C10H18N2O2. The first kappa shape index (κ1) is 9.93. The smallest absolute Gasteiger partial charge is 0.239 e. The average molecular weight is 198 g/mol. The van der Waals surface area contributed by atoms with Gasteiger partial charge in [0.25, 0.3) is 0 Å². The summed E-state index contributed by atoms with van der Waals surface area (Å²) >= 11 is 0. The van der Waals surface area contributed by atoms with E-state index < -0.39 is 0 Å². The van der Waals surface area contributed by atoms with Gasteiger partial charge in [-0.1, -0.05) is 0 Å².